The van der Waals surface area contributed by atoms with Crippen LogP contribution in [0.15, 0.2) is 39.7 Å². The predicted octanol–water partition coefficient (Wildman–Crippen LogP) is 4.89. The predicted molar refractivity (Wildman–Crippen MR) is 101 cm³/mol. The van der Waals surface area contributed by atoms with Gasteiger partial charge in [-0.15, -0.1) is 0 Å². The summed E-state index contributed by atoms with van der Waals surface area (Å²) in [6, 6.07) is 7.56. The van der Waals surface area contributed by atoms with E-state index in [1.54, 1.807) is 18.2 Å². The Bertz CT molecular complexity index is 845. The zero-order valence-corrected chi connectivity index (χ0v) is 17.1. The molecule has 0 aliphatic rings. The molecule has 0 radical (unpaired) electrons. The number of nitrogens with zero attached hydrogens (tertiary/aromatic N) is 1. The summed E-state index contributed by atoms with van der Waals surface area (Å²) in [5, 5.41) is 10.4. The molecule has 4 nitrogen and oxygen atoms in total. The summed E-state index contributed by atoms with van der Waals surface area (Å²) in [5.74, 6) is -0.485. The largest absolute Gasteiger partial charge is 0.505 e. The Morgan fingerprint density at radius 3 is 2.45 bits per heavy atom. The fourth-order valence-electron chi connectivity index (χ4n) is 1.75. The van der Waals surface area contributed by atoms with Crippen LogP contribution in [0.25, 0.3) is 0 Å². The number of halogens is 4. The molecular formula is C13H9BrCl2INO3S. The molecule has 0 saturated heterocycles. The maximum atomic E-state index is 12.7. The van der Waals surface area contributed by atoms with Gasteiger partial charge in [0.1, 0.15) is 4.90 Å². The fraction of sp³-hybridized carbons (Fsp3) is 0.0769. The zero-order chi connectivity index (χ0) is 16.7. The number of phenols is 1. The lowest BCUT2D eigenvalue weighted by Gasteiger charge is -2.22. The summed E-state index contributed by atoms with van der Waals surface area (Å²) in [7, 11) is -2.58. The van der Waals surface area contributed by atoms with Gasteiger partial charge in [-0.25, -0.2) is 8.42 Å². The highest BCUT2D eigenvalue weighted by Gasteiger charge is 2.27. The lowest BCUT2D eigenvalue weighted by atomic mass is 10.3. The minimum Gasteiger partial charge on any atom is -0.505 e. The average Bonchev–Trinajstić information content (AvgIpc) is 2.42. The topological polar surface area (TPSA) is 57.6 Å². The Labute approximate surface area is 160 Å². The summed E-state index contributed by atoms with van der Waals surface area (Å²) in [6.07, 6.45) is 0. The van der Waals surface area contributed by atoms with Crippen LogP contribution < -0.4 is 4.31 Å². The van der Waals surface area contributed by atoms with E-state index in [2.05, 4.69) is 15.9 Å². The molecule has 0 bridgehead atoms. The van der Waals surface area contributed by atoms with E-state index in [1.165, 1.54) is 19.2 Å². The Balaban J connectivity index is 2.60. The molecule has 22 heavy (non-hydrogen) atoms. The molecule has 0 unspecified atom stereocenters. The Morgan fingerprint density at radius 2 is 1.86 bits per heavy atom. The second-order valence-corrected chi connectivity index (χ2v) is 9.16. The van der Waals surface area contributed by atoms with Gasteiger partial charge >= 0.3 is 0 Å². The molecule has 0 aliphatic carbocycles. The number of sulfonamides is 1. The average molecular weight is 537 g/mol. The van der Waals surface area contributed by atoms with E-state index in [1.807, 2.05) is 22.6 Å². The number of rotatable bonds is 3. The first-order valence-electron chi connectivity index (χ1n) is 5.76. The van der Waals surface area contributed by atoms with Gasteiger partial charge in [-0.05, 0) is 52.9 Å². The van der Waals surface area contributed by atoms with E-state index < -0.39 is 15.8 Å². The van der Waals surface area contributed by atoms with Crippen molar-refractivity contribution in [1.82, 2.24) is 0 Å². The maximum absolute atomic E-state index is 12.7. The number of hydrogen-bond donors (Lipinski definition) is 1. The number of anilines is 1. The first-order valence-corrected chi connectivity index (χ1v) is 9.83. The smallest absolute Gasteiger partial charge is 0.267 e. The molecule has 1 N–H and O–H groups in total. The summed E-state index contributed by atoms with van der Waals surface area (Å²) in [5.41, 5.74) is 0.445. The van der Waals surface area contributed by atoms with Gasteiger partial charge in [-0.3, -0.25) is 4.31 Å². The summed E-state index contributed by atoms with van der Waals surface area (Å²) >= 11 is 16.9. The summed E-state index contributed by atoms with van der Waals surface area (Å²) < 4.78 is 27.7. The quantitative estimate of drug-likeness (QED) is 0.568. The molecule has 0 saturated carbocycles. The molecule has 0 atom stereocenters. The van der Waals surface area contributed by atoms with Gasteiger partial charge in [0.05, 0.1) is 10.7 Å². The third-order valence-electron chi connectivity index (χ3n) is 2.88. The van der Waals surface area contributed by atoms with Gasteiger partial charge in [0.25, 0.3) is 10.0 Å². The molecule has 2 aromatic rings. The van der Waals surface area contributed by atoms with Gasteiger partial charge in [-0.2, -0.15) is 0 Å². The van der Waals surface area contributed by atoms with Crippen molar-refractivity contribution in [3.05, 3.63) is 48.4 Å². The summed E-state index contributed by atoms with van der Waals surface area (Å²) in [6.45, 7) is 0. The van der Waals surface area contributed by atoms with Crippen LogP contribution >= 0.6 is 61.7 Å². The molecule has 0 spiro atoms. The highest BCUT2D eigenvalue weighted by Crippen LogP contribution is 2.37. The molecule has 0 aliphatic heterocycles. The van der Waals surface area contributed by atoms with E-state index in [9.17, 15) is 13.5 Å². The molecule has 0 fully saturated rings. The first kappa shape index (κ1) is 18.1. The fourth-order valence-corrected chi connectivity index (χ4v) is 5.51. The van der Waals surface area contributed by atoms with Crippen molar-refractivity contribution >= 4 is 77.4 Å². The van der Waals surface area contributed by atoms with Crippen LogP contribution in [0.1, 0.15) is 0 Å². The van der Waals surface area contributed by atoms with Crippen molar-refractivity contribution in [3.63, 3.8) is 0 Å². The van der Waals surface area contributed by atoms with Crippen LogP contribution in [-0.2, 0) is 10.0 Å². The van der Waals surface area contributed by atoms with Crippen molar-refractivity contribution in [2.24, 2.45) is 0 Å². The first-order chi connectivity index (χ1) is 10.1. The van der Waals surface area contributed by atoms with Crippen LogP contribution in [0.5, 0.6) is 5.75 Å². The lowest BCUT2D eigenvalue weighted by molar-refractivity contribution is 0.458. The molecule has 118 valence electrons. The number of aromatic hydroxyl groups is 1. The maximum Gasteiger partial charge on any atom is 0.267 e. The van der Waals surface area contributed by atoms with E-state index in [0.717, 1.165) is 4.31 Å². The molecular weight excluding hydrogens is 528 g/mol. The Morgan fingerprint density at radius 1 is 1.23 bits per heavy atom. The van der Waals surface area contributed by atoms with Crippen LogP contribution in [0.2, 0.25) is 10.0 Å². The molecule has 2 rings (SSSR count). The second kappa shape index (κ2) is 6.72. The minimum atomic E-state index is -3.98. The Hall–Kier alpha value is -0.220. The summed E-state index contributed by atoms with van der Waals surface area (Å²) in [4.78, 5) is -0.278. The van der Waals surface area contributed by atoms with Crippen molar-refractivity contribution < 1.29 is 13.5 Å². The van der Waals surface area contributed by atoms with Crippen molar-refractivity contribution in [2.75, 3.05) is 11.4 Å². The van der Waals surface area contributed by atoms with E-state index in [4.69, 9.17) is 23.2 Å². The SMILES string of the molecule is CN(c1ccc(Cl)cc1I)S(=O)(=O)c1cc(Br)cc(Cl)c1O. The molecule has 9 heteroatoms. The van der Waals surface area contributed by atoms with E-state index >= 15 is 0 Å². The van der Waals surface area contributed by atoms with Crippen LogP contribution in [0.3, 0.4) is 0 Å². The molecule has 0 amide bonds. The van der Waals surface area contributed by atoms with E-state index in [-0.39, 0.29) is 9.92 Å². The van der Waals surface area contributed by atoms with Crippen LogP contribution in [0.4, 0.5) is 5.69 Å². The van der Waals surface area contributed by atoms with Crippen molar-refractivity contribution in [3.8, 4) is 5.75 Å². The van der Waals surface area contributed by atoms with Gasteiger partial charge in [0, 0.05) is 20.1 Å². The minimum absolute atomic E-state index is 0.0489. The van der Waals surface area contributed by atoms with Crippen molar-refractivity contribution in [2.45, 2.75) is 4.90 Å². The van der Waals surface area contributed by atoms with Crippen LogP contribution in [0, 0.1) is 3.57 Å². The standard InChI is InChI=1S/C13H9BrCl2INO3S/c1-18(11-3-2-8(15)6-10(11)17)22(20,21)12-5-7(14)4-9(16)13(12)19/h2-6,19H,1H3. The van der Waals surface area contributed by atoms with Crippen molar-refractivity contribution in [1.29, 1.82) is 0 Å². The van der Waals surface area contributed by atoms with Gasteiger partial charge < -0.3 is 5.11 Å². The second-order valence-electron chi connectivity index (χ2n) is 4.30. The third-order valence-corrected chi connectivity index (χ3v) is 6.51. The van der Waals surface area contributed by atoms with Gasteiger partial charge in [-0.1, -0.05) is 39.1 Å². The highest BCUT2D eigenvalue weighted by molar-refractivity contribution is 14.1. The van der Waals surface area contributed by atoms with Gasteiger partial charge in [0.15, 0.2) is 5.75 Å². The van der Waals surface area contributed by atoms with E-state index in [0.29, 0.717) is 18.8 Å². The molecule has 2 aromatic carbocycles. The normalized spacial score (nSPS) is 11.5. The zero-order valence-electron chi connectivity index (χ0n) is 11.0. The highest BCUT2D eigenvalue weighted by atomic mass is 127. The molecule has 0 heterocycles. The number of hydrogen-bond acceptors (Lipinski definition) is 3. The van der Waals surface area contributed by atoms with Gasteiger partial charge in [0.2, 0.25) is 0 Å². The van der Waals surface area contributed by atoms with Crippen LogP contribution in [-0.4, -0.2) is 20.6 Å². The lowest BCUT2D eigenvalue weighted by Crippen LogP contribution is -2.27. The Kier molecular flexibility index (Phi) is 5.54. The monoisotopic (exact) mass is 535 g/mol. The number of phenolic OH excluding ortho intramolecular Hbond substituents is 1. The third kappa shape index (κ3) is 3.48. The number of benzene rings is 2. The molecule has 0 aromatic heterocycles.